The summed E-state index contributed by atoms with van der Waals surface area (Å²) in [5, 5.41) is 3.79. The molecular formula is C24H24F4N4O2. The van der Waals surface area contributed by atoms with Crippen molar-refractivity contribution in [2.45, 2.75) is 38.5 Å². The first kappa shape index (κ1) is 22.6. The first-order valence-corrected chi connectivity index (χ1v) is 11.1. The number of nitrogens with zero attached hydrogens (tertiary/aromatic N) is 3. The number of hydrogen-bond acceptors (Lipinski definition) is 6. The summed E-state index contributed by atoms with van der Waals surface area (Å²) in [4.78, 5) is 11.3. The van der Waals surface area contributed by atoms with Crippen LogP contribution in [0.5, 0.6) is 5.75 Å². The molecule has 1 fully saturated rings. The molecule has 1 unspecified atom stereocenters. The Bertz CT molecular complexity index is 1230. The number of aromatic nitrogens is 2. The first-order chi connectivity index (χ1) is 16.2. The smallest absolute Gasteiger partial charge is 0.419 e. The van der Waals surface area contributed by atoms with E-state index in [-0.39, 0.29) is 11.6 Å². The van der Waals surface area contributed by atoms with Crippen molar-refractivity contribution in [3.8, 4) is 5.75 Å². The summed E-state index contributed by atoms with van der Waals surface area (Å²) >= 11 is 0. The van der Waals surface area contributed by atoms with Crippen molar-refractivity contribution in [3.05, 3.63) is 53.1 Å². The average Bonchev–Trinajstić information content (AvgIpc) is 3.31. The molecule has 2 aliphatic rings. The molecule has 34 heavy (non-hydrogen) atoms. The van der Waals surface area contributed by atoms with Crippen molar-refractivity contribution in [1.29, 1.82) is 0 Å². The normalized spacial score (nSPS) is 19.1. The Hall–Kier alpha value is -3.14. The summed E-state index contributed by atoms with van der Waals surface area (Å²) in [6.45, 7) is 5.94. The number of alkyl halides is 3. The van der Waals surface area contributed by atoms with Gasteiger partial charge in [-0.1, -0.05) is 12.1 Å². The standard InChI is InChI=1S/C24H24F4N4O2/c1-13(16-4-3-5-18(22(16)25)24(26,27)28)29-23-17-10-20-21(11-19(17)30-14(2)31-23)34-9-7-32(20)15-6-8-33-12-15/h3-5,10-11,13,15H,6-9,12H2,1-2H3,(H,29,30,31)/t13-,15?/m1/s1. The van der Waals surface area contributed by atoms with E-state index in [2.05, 4.69) is 20.2 Å². The zero-order chi connectivity index (χ0) is 24.0. The van der Waals surface area contributed by atoms with E-state index in [1.807, 2.05) is 12.1 Å². The van der Waals surface area contributed by atoms with Crippen LogP contribution in [0.25, 0.3) is 10.9 Å². The zero-order valence-corrected chi connectivity index (χ0v) is 18.7. The molecule has 3 aromatic rings. The van der Waals surface area contributed by atoms with Gasteiger partial charge in [0.2, 0.25) is 0 Å². The second-order valence-corrected chi connectivity index (χ2v) is 8.59. The second-order valence-electron chi connectivity index (χ2n) is 8.59. The molecule has 0 saturated carbocycles. The van der Waals surface area contributed by atoms with Gasteiger partial charge in [0.1, 0.15) is 29.8 Å². The van der Waals surface area contributed by atoms with Gasteiger partial charge < -0.3 is 19.7 Å². The molecule has 2 aromatic carbocycles. The summed E-state index contributed by atoms with van der Waals surface area (Å²) in [5.41, 5.74) is 0.144. The molecule has 5 rings (SSSR count). The van der Waals surface area contributed by atoms with Crippen LogP contribution < -0.4 is 15.0 Å². The minimum atomic E-state index is -4.77. The number of fused-ring (bicyclic) bond motifs is 2. The molecule has 1 saturated heterocycles. The van der Waals surface area contributed by atoms with Gasteiger partial charge in [-0.2, -0.15) is 13.2 Å². The molecule has 0 radical (unpaired) electrons. The van der Waals surface area contributed by atoms with Gasteiger partial charge in [-0.15, -0.1) is 0 Å². The number of hydrogen-bond donors (Lipinski definition) is 1. The van der Waals surface area contributed by atoms with Crippen LogP contribution in [0.3, 0.4) is 0 Å². The van der Waals surface area contributed by atoms with Crippen molar-refractivity contribution in [2.75, 3.05) is 36.6 Å². The molecule has 3 heterocycles. The first-order valence-electron chi connectivity index (χ1n) is 11.1. The van der Waals surface area contributed by atoms with Crippen LogP contribution in [-0.2, 0) is 10.9 Å². The van der Waals surface area contributed by atoms with Gasteiger partial charge in [0, 0.05) is 23.6 Å². The Labute approximate surface area is 193 Å². The van der Waals surface area contributed by atoms with Gasteiger partial charge in [-0.3, -0.25) is 0 Å². The molecule has 10 heteroatoms. The molecule has 180 valence electrons. The summed E-state index contributed by atoms with van der Waals surface area (Å²) in [7, 11) is 0. The van der Waals surface area contributed by atoms with E-state index in [0.29, 0.717) is 54.7 Å². The van der Waals surface area contributed by atoms with Crippen LogP contribution in [-0.4, -0.2) is 42.4 Å². The maximum absolute atomic E-state index is 14.7. The lowest BCUT2D eigenvalue weighted by molar-refractivity contribution is -0.140. The van der Waals surface area contributed by atoms with Crippen molar-refractivity contribution in [2.24, 2.45) is 0 Å². The Balaban J connectivity index is 1.54. The maximum Gasteiger partial charge on any atom is 0.419 e. The largest absolute Gasteiger partial charge is 0.489 e. The Morgan fingerprint density at radius 1 is 1.18 bits per heavy atom. The molecule has 2 aliphatic heterocycles. The Morgan fingerprint density at radius 2 is 2.00 bits per heavy atom. The van der Waals surface area contributed by atoms with Crippen molar-refractivity contribution in [3.63, 3.8) is 0 Å². The maximum atomic E-state index is 14.7. The lowest BCUT2D eigenvalue weighted by Crippen LogP contribution is -2.41. The third-order valence-corrected chi connectivity index (χ3v) is 6.29. The minimum Gasteiger partial charge on any atom is -0.489 e. The zero-order valence-electron chi connectivity index (χ0n) is 18.7. The number of halogens is 4. The molecular weight excluding hydrogens is 452 g/mol. The monoisotopic (exact) mass is 476 g/mol. The van der Waals surface area contributed by atoms with Crippen LogP contribution >= 0.6 is 0 Å². The van der Waals surface area contributed by atoms with E-state index in [9.17, 15) is 17.6 Å². The van der Waals surface area contributed by atoms with E-state index in [0.717, 1.165) is 18.2 Å². The predicted molar refractivity (Wildman–Crippen MR) is 120 cm³/mol. The molecule has 1 N–H and O–H groups in total. The van der Waals surface area contributed by atoms with E-state index in [1.54, 1.807) is 13.8 Å². The van der Waals surface area contributed by atoms with Gasteiger partial charge in [0.05, 0.1) is 42.0 Å². The summed E-state index contributed by atoms with van der Waals surface area (Å²) in [5.74, 6) is 0.321. The summed E-state index contributed by atoms with van der Waals surface area (Å²) in [6.07, 6.45) is -3.86. The molecule has 0 bridgehead atoms. The van der Waals surface area contributed by atoms with Crippen LogP contribution in [0.4, 0.5) is 29.1 Å². The van der Waals surface area contributed by atoms with E-state index in [4.69, 9.17) is 9.47 Å². The van der Waals surface area contributed by atoms with E-state index in [1.165, 1.54) is 12.1 Å². The van der Waals surface area contributed by atoms with Crippen LogP contribution in [0.15, 0.2) is 30.3 Å². The Morgan fingerprint density at radius 3 is 2.74 bits per heavy atom. The lowest BCUT2D eigenvalue weighted by Gasteiger charge is -2.35. The molecule has 1 aromatic heterocycles. The topological polar surface area (TPSA) is 59.5 Å². The molecule has 0 spiro atoms. The molecule has 0 aliphatic carbocycles. The van der Waals surface area contributed by atoms with Gasteiger partial charge in [-0.05, 0) is 32.4 Å². The van der Waals surface area contributed by atoms with E-state index >= 15 is 0 Å². The summed E-state index contributed by atoms with van der Waals surface area (Å²) in [6, 6.07) is 6.53. The van der Waals surface area contributed by atoms with Gasteiger partial charge in [0.15, 0.2) is 0 Å². The fourth-order valence-electron chi connectivity index (χ4n) is 4.62. The summed E-state index contributed by atoms with van der Waals surface area (Å²) < 4.78 is 65.8. The molecule has 0 amide bonds. The molecule has 6 nitrogen and oxygen atoms in total. The van der Waals surface area contributed by atoms with Crippen molar-refractivity contribution in [1.82, 2.24) is 9.97 Å². The van der Waals surface area contributed by atoms with Crippen molar-refractivity contribution >= 4 is 22.4 Å². The highest BCUT2D eigenvalue weighted by Gasteiger charge is 2.35. The Kier molecular flexibility index (Phi) is 5.71. The predicted octanol–water partition coefficient (Wildman–Crippen LogP) is 5.26. The average molecular weight is 476 g/mol. The van der Waals surface area contributed by atoms with E-state index < -0.39 is 23.6 Å². The number of rotatable bonds is 4. The van der Waals surface area contributed by atoms with Gasteiger partial charge in [-0.25, -0.2) is 14.4 Å². The fourth-order valence-corrected chi connectivity index (χ4v) is 4.62. The SMILES string of the molecule is Cc1nc(N[C@H](C)c2cccc(C(F)(F)F)c2F)c2cc3c(cc2n1)OCCN3C1CCOC1. The second kappa shape index (κ2) is 8.57. The number of anilines is 2. The fraction of sp³-hybridized carbons (Fsp3) is 0.417. The van der Waals surface area contributed by atoms with Crippen LogP contribution in [0.1, 0.15) is 36.3 Å². The highest BCUT2D eigenvalue weighted by atomic mass is 19.4. The van der Waals surface area contributed by atoms with Crippen LogP contribution in [0.2, 0.25) is 0 Å². The minimum absolute atomic E-state index is 0.0923. The quantitative estimate of drug-likeness (QED) is 0.519. The third-order valence-electron chi connectivity index (χ3n) is 6.29. The number of aryl methyl sites for hydroxylation is 1. The lowest BCUT2D eigenvalue weighted by atomic mass is 10.0. The molecule has 2 atom stereocenters. The van der Waals surface area contributed by atoms with Crippen LogP contribution in [0, 0.1) is 12.7 Å². The number of nitrogens with one attached hydrogen (secondary N) is 1. The third kappa shape index (κ3) is 4.11. The van der Waals surface area contributed by atoms with Crippen molar-refractivity contribution < 1.29 is 27.0 Å². The van der Waals surface area contributed by atoms with Gasteiger partial charge in [0.25, 0.3) is 0 Å². The highest BCUT2D eigenvalue weighted by molar-refractivity contribution is 5.94. The van der Waals surface area contributed by atoms with Gasteiger partial charge >= 0.3 is 6.18 Å². The number of ether oxygens (including phenoxy) is 2. The highest BCUT2D eigenvalue weighted by Crippen LogP contribution is 2.40. The number of benzene rings is 2.